The Balaban J connectivity index is 2.24. The van der Waals surface area contributed by atoms with E-state index in [9.17, 15) is 0 Å². The third-order valence-electron chi connectivity index (χ3n) is 3.55. The maximum absolute atomic E-state index is 5.87. The summed E-state index contributed by atoms with van der Waals surface area (Å²) in [4.78, 5) is 1.63. The van der Waals surface area contributed by atoms with Crippen LogP contribution in [0.4, 0.5) is 5.69 Å². The van der Waals surface area contributed by atoms with Crippen molar-refractivity contribution in [1.29, 1.82) is 0 Å². The highest BCUT2D eigenvalue weighted by molar-refractivity contribution is 7.98. The van der Waals surface area contributed by atoms with E-state index in [1.54, 1.807) is 11.8 Å². The van der Waals surface area contributed by atoms with E-state index >= 15 is 0 Å². The van der Waals surface area contributed by atoms with Gasteiger partial charge in [-0.2, -0.15) is 0 Å². The van der Waals surface area contributed by atoms with Gasteiger partial charge < -0.3 is 11.1 Å². The average Bonchev–Trinajstić information content (AvgIpc) is 2.74. The van der Waals surface area contributed by atoms with E-state index in [0.717, 1.165) is 22.1 Å². The molecule has 2 atom stereocenters. The first-order valence-electron chi connectivity index (χ1n) is 6.35. The molecule has 2 unspecified atom stereocenters. The van der Waals surface area contributed by atoms with Crippen molar-refractivity contribution in [3.63, 3.8) is 0 Å². The van der Waals surface area contributed by atoms with Gasteiger partial charge in [-0.3, -0.25) is 0 Å². The standard InChI is InChI=1S/C14H20N2S2/c1-9-6-7-10(8-9)16-11-4-3-5-12(18-2)13(11)14(15)17/h3-5,9-10,16H,6-8H2,1-2H3,(H2,15,17). The number of nitrogens with two attached hydrogens (primary N) is 1. The monoisotopic (exact) mass is 280 g/mol. The average molecular weight is 280 g/mol. The molecule has 1 aromatic rings. The number of rotatable bonds is 4. The van der Waals surface area contributed by atoms with Crippen molar-refractivity contribution in [3.05, 3.63) is 23.8 Å². The van der Waals surface area contributed by atoms with Crippen LogP contribution in [0.25, 0.3) is 0 Å². The maximum atomic E-state index is 5.87. The van der Waals surface area contributed by atoms with Crippen molar-refractivity contribution < 1.29 is 0 Å². The van der Waals surface area contributed by atoms with E-state index in [1.165, 1.54) is 19.3 Å². The van der Waals surface area contributed by atoms with Crippen molar-refractivity contribution in [1.82, 2.24) is 0 Å². The lowest BCUT2D eigenvalue weighted by Gasteiger charge is -2.18. The summed E-state index contributed by atoms with van der Waals surface area (Å²) in [5, 5.41) is 3.62. The Labute approximate surface area is 119 Å². The Hall–Kier alpha value is -0.740. The van der Waals surface area contributed by atoms with Crippen LogP contribution in [-0.4, -0.2) is 17.3 Å². The molecule has 0 heterocycles. The van der Waals surface area contributed by atoms with Crippen molar-refractivity contribution in [2.75, 3.05) is 11.6 Å². The van der Waals surface area contributed by atoms with Gasteiger partial charge in [-0.1, -0.05) is 25.2 Å². The third-order valence-corrected chi connectivity index (χ3v) is 4.53. The molecule has 3 N–H and O–H groups in total. The van der Waals surface area contributed by atoms with E-state index in [0.29, 0.717) is 11.0 Å². The van der Waals surface area contributed by atoms with Crippen LogP contribution in [0.3, 0.4) is 0 Å². The second-order valence-corrected chi connectivity index (χ2v) is 6.29. The topological polar surface area (TPSA) is 38.0 Å². The molecule has 18 heavy (non-hydrogen) atoms. The lowest BCUT2D eigenvalue weighted by atomic mass is 10.1. The lowest BCUT2D eigenvalue weighted by molar-refractivity contribution is 0.602. The number of hydrogen-bond donors (Lipinski definition) is 2. The zero-order chi connectivity index (χ0) is 13.1. The molecular weight excluding hydrogens is 260 g/mol. The summed E-state index contributed by atoms with van der Waals surface area (Å²) in [6.07, 6.45) is 5.84. The van der Waals surface area contributed by atoms with E-state index in [2.05, 4.69) is 36.7 Å². The first-order chi connectivity index (χ1) is 8.61. The van der Waals surface area contributed by atoms with Crippen molar-refractivity contribution in [2.45, 2.75) is 37.1 Å². The van der Waals surface area contributed by atoms with Gasteiger partial charge >= 0.3 is 0 Å². The number of anilines is 1. The molecule has 1 aliphatic rings. The Morgan fingerprint density at radius 3 is 2.78 bits per heavy atom. The highest BCUT2D eigenvalue weighted by atomic mass is 32.2. The van der Waals surface area contributed by atoms with Gasteiger partial charge in [-0.25, -0.2) is 0 Å². The quantitative estimate of drug-likeness (QED) is 0.652. The summed E-state index contributed by atoms with van der Waals surface area (Å²) in [5.74, 6) is 0.819. The van der Waals surface area contributed by atoms with Crippen LogP contribution in [0, 0.1) is 5.92 Å². The second-order valence-electron chi connectivity index (χ2n) is 5.01. The third kappa shape index (κ3) is 2.98. The minimum Gasteiger partial charge on any atom is -0.389 e. The van der Waals surface area contributed by atoms with E-state index in [-0.39, 0.29) is 0 Å². The first kappa shape index (κ1) is 13.7. The molecule has 2 rings (SSSR count). The van der Waals surface area contributed by atoms with Gasteiger partial charge in [-0.15, -0.1) is 11.8 Å². The smallest absolute Gasteiger partial charge is 0.107 e. The Morgan fingerprint density at radius 1 is 1.44 bits per heavy atom. The highest BCUT2D eigenvalue weighted by Gasteiger charge is 2.22. The predicted octanol–water partition coefficient (Wildman–Crippen LogP) is 3.64. The molecule has 98 valence electrons. The molecule has 1 aliphatic carbocycles. The van der Waals surface area contributed by atoms with Crippen LogP contribution in [-0.2, 0) is 0 Å². The summed E-state index contributed by atoms with van der Waals surface area (Å²) in [6.45, 7) is 2.31. The molecule has 0 amide bonds. The normalized spacial score (nSPS) is 23.0. The van der Waals surface area contributed by atoms with E-state index < -0.39 is 0 Å². The number of thioether (sulfide) groups is 1. The molecule has 0 bridgehead atoms. The molecule has 0 spiro atoms. The number of benzene rings is 1. The summed E-state index contributed by atoms with van der Waals surface area (Å²) in [5.41, 5.74) is 7.96. The molecule has 2 nitrogen and oxygen atoms in total. The molecule has 4 heteroatoms. The molecule has 0 radical (unpaired) electrons. The minimum atomic E-state index is 0.480. The Bertz CT molecular complexity index is 445. The van der Waals surface area contributed by atoms with Gasteiger partial charge in [-0.05, 0) is 43.6 Å². The number of nitrogens with one attached hydrogen (secondary N) is 1. The van der Waals surface area contributed by atoms with Crippen LogP contribution in [0.2, 0.25) is 0 Å². The predicted molar refractivity (Wildman–Crippen MR) is 84.5 cm³/mol. The fourth-order valence-corrected chi connectivity index (χ4v) is 3.56. The second kappa shape index (κ2) is 5.93. The SMILES string of the molecule is CSc1cccc(NC2CCC(C)C2)c1C(N)=S. The summed E-state index contributed by atoms with van der Waals surface area (Å²) < 4.78 is 0. The molecule has 0 aliphatic heterocycles. The Kier molecular flexibility index (Phi) is 4.51. The first-order valence-corrected chi connectivity index (χ1v) is 7.98. The van der Waals surface area contributed by atoms with E-state index in [1.807, 2.05) is 0 Å². The van der Waals surface area contributed by atoms with Gasteiger partial charge in [0.2, 0.25) is 0 Å². The summed E-state index contributed by atoms with van der Waals surface area (Å²) in [6, 6.07) is 6.78. The van der Waals surface area contributed by atoms with E-state index in [4.69, 9.17) is 18.0 Å². The number of hydrogen-bond acceptors (Lipinski definition) is 3. The highest BCUT2D eigenvalue weighted by Crippen LogP contribution is 2.31. The fraction of sp³-hybridized carbons (Fsp3) is 0.500. The largest absolute Gasteiger partial charge is 0.389 e. The minimum absolute atomic E-state index is 0.480. The molecule has 0 saturated heterocycles. The molecule has 1 saturated carbocycles. The van der Waals surface area contributed by atoms with Gasteiger partial charge in [0.05, 0.1) is 0 Å². The molecule has 0 aromatic heterocycles. The zero-order valence-electron chi connectivity index (χ0n) is 10.9. The van der Waals surface area contributed by atoms with Crippen molar-refractivity contribution in [3.8, 4) is 0 Å². The van der Waals surface area contributed by atoms with Gasteiger partial charge in [0.25, 0.3) is 0 Å². The van der Waals surface area contributed by atoms with Crippen molar-refractivity contribution >= 4 is 34.7 Å². The molecular formula is C14H20N2S2. The summed E-state index contributed by atoms with van der Waals surface area (Å²) in [7, 11) is 0. The van der Waals surface area contributed by atoms with Gasteiger partial charge in [0.15, 0.2) is 0 Å². The van der Waals surface area contributed by atoms with Crippen molar-refractivity contribution in [2.24, 2.45) is 11.7 Å². The zero-order valence-corrected chi connectivity index (χ0v) is 12.5. The number of thiocarbonyl (C=S) groups is 1. The fourth-order valence-electron chi connectivity index (χ4n) is 2.63. The van der Waals surface area contributed by atoms with Crippen LogP contribution >= 0.6 is 24.0 Å². The molecule has 1 fully saturated rings. The van der Waals surface area contributed by atoms with Crippen LogP contribution in [0.15, 0.2) is 23.1 Å². The maximum Gasteiger partial charge on any atom is 0.107 e. The molecule has 1 aromatic carbocycles. The van der Waals surface area contributed by atoms with Crippen LogP contribution in [0.5, 0.6) is 0 Å². The Morgan fingerprint density at radius 2 is 2.22 bits per heavy atom. The van der Waals surface area contributed by atoms with Gasteiger partial charge in [0, 0.05) is 22.2 Å². The lowest BCUT2D eigenvalue weighted by Crippen LogP contribution is -2.20. The van der Waals surface area contributed by atoms with Crippen LogP contribution < -0.4 is 11.1 Å². The van der Waals surface area contributed by atoms with Gasteiger partial charge in [0.1, 0.15) is 4.99 Å². The summed E-state index contributed by atoms with van der Waals surface area (Å²) >= 11 is 6.88. The van der Waals surface area contributed by atoms with Crippen LogP contribution in [0.1, 0.15) is 31.7 Å².